The number of hydrogen-bond donors (Lipinski definition) is 2. The normalized spacial score (nSPS) is 16.9. The molecule has 3 amide bonds. The molecule has 0 radical (unpaired) electrons. The number of carbonyl (C=O) groups excluding carboxylic acids is 3. The first-order valence-corrected chi connectivity index (χ1v) is 9.20. The summed E-state index contributed by atoms with van der Waals surface area (Å²) in [5, 5.41) is 4.78. The molecule has 1 unspecified atom stereocenters. The predicted molar refractivity (Wildman–Crippen MR) is 98.2 cm³/mol. The molecule has 0 saturated carbocycles. The fourth-order valence-electron chi connectivity index (χ4n) is 2.62. The number of carbonyl (C=O) groups is 3. The largest absolute Gasteiger partial charge is 0.369 e. The molecule has 7 nitrogen and oxygen atoms in total. The zero-order valence-corrected chi connectivity index (χ0v) is 15.5. The summed E-state index contributed by atoms with van der Waals surface area (Å²) >= 11 is 4.65. The molecule has 1 aromatic carbocycles. The molecule has 3 rings (SSSR count). The van der Waals surface area contributed by atoms with Gasteiger partial charge in [-0.15, -0.1) is 11.3 Å². The van der Waals surface area contributed by atoms with Gasteiger partial charge in [0, 0.05) is 22.8 Å². The highest BCUT2D eigenvalue weighted by molar-refractivity contribution is 9.10. The van der Waals surface area contributed by atoms with E-state index in [1.165, 1.54) is 11.3 Å². The SMILES string of the molecule is NC(=O)Cc1csc(NC(=O)C2CC(=O)N(c3ccccc3Br)C2)n1. The number of thiazole rings is 1. The van der Waals surface area contributed by atoms with Crippen molar-refractivity contribution in [1.29, 1.82) is 0 Å². The molecule has 0 aliphatic carbocycles. The number of anilines is 2. The molecule has 3 N–H and O–H groups in total. The molecule has 130 valence electrons. The Morgan fingerprint density at radius 3 is 2.88 bits per heavy atom. The first kappa shape index (κ1) is 17.6. The van der Waals surface area contributed by atoms with E-state index in [4.69, 9.17) is 5.73 Å². The van der Waals surface area contributed by atoms with Crippen LogP contribution in [0.25, 0.3) is 0 Å². The summed E-state index contributed by atoms with van der Waals surface area (Å²) in [5.41, 5.74) is 6.39. The molecular formula is C16H15BrN4O3S. The van der Waals surface area contributed by atoms with Crippen molar-refractivity contribution in [3.8, 4) is 0 Å². The maximum Gasteiger partial charge on any atom is 0.231 e. The van der Waals surface area contributed by atoms with E-state index < -0.39 is 11.8 Å². The summed E-state index contributed by atoms with van der Waals surface area (Å²) in [6.45, 7) is 0.312. The Bertz CT molecular complexity index is 838. The van der Waals surface area contributed by atoms with Gasteiger partial charge >= 0.3 is 0 Å². The van der Waals surface area contributed by atoms with Crippen LogP contribution in [0.15, 0.2) is 34.1 Å². The van der Waals surface area contributed by atoms with E-state index in [9.17, 15) is 14.4 Å². The fraction of sp³-hybridized carbons (Fsp3) is 0.250. The van der Waals surface area contributed by atoms with Crippen molar-refractivity contribution in [2.24, 2.45) is 11.7 Å². The minimum atomic E-state index is -0.478. The highest BCUT2D eigenvalue weighted by Crippen LogP contribution is 2.31. The Kier molecular flexibility index (Phi) is 5.14. The molecule has 2 heterocycles. The first-order valence-electron chi connectivity index (χ1n) is 7.52. The lowest BCUT2D eigenvalue weighted by molar-refractivity contribution is -0.122. The van der Waals surface area contributed by atoms with Crippen molar-refractivity contribution < 1.29 is 14.4 Å². The monoisotopic (exact) mass is 422 g/mol. The van der Waals surface area contributed by atoms with E-state index in [-0.39, 0.29) is 24.7 Å². The molecular weight excluding hydrogens is 408 g/mol. The number of rotatable bonds is 5. The highest BCUT2D eigenvalue weighted by atomic mass is 79.9. The van der Waals surface area contributed by atoms with Crippen molar-refractivity contribution >= 4 is 55.8 Å². The Morgan fingerprint density at radius 2 is 2.16 bits per heavy atom. The van der Waals surface area contributed by atoms with Crippen molar-refractivity contribution in [2.75, 3.05) is 16.8 Å². The molecule has 1 atom stereocenters. The Morgan fingerprint density at radius 1 is 1.40 bits per heavy atom. The molecule has 1 aromatic heterocycles. The summed E-state index contributed by atoms with van der Waals surface area (Å²) in [5.74, 6) is -1.29. The number of para-hydroxylation sites is 1. The van der Waals surface area contributed by atoms with Gasteiger partial charge in [-0.3, -0.25) is 14.4 Å². The average molecular weight is 423 g/mol. The maximum atomic E-state index is 12.4. The molecule has 1 fully saturated rings. The second-order valence-corrected chi connectivity index (χ2v) is 7.35. The van der Waals surface area contributed by atoms with Gasteiger partial charge in [0.05, 0.1) is 23.7 Å². The number of aromatic nitrogens is 1. The second-order valence-electron chi connectivity index (χ2n) is 5.63. The van der Waals surface area contributed by atoms with Crippen LogP contribution in [0.3, 0.4) is 0 Å². The van der Waals surface area contributed by atoms with E-state index in [0.717, 1.165) is 10.2 Å². The number of halogens is 1. The molecule has 9 heteroatoms. The van der Waals surface area contributed by atoms with Crippen LogP contribution in [-0.2, 0) is 20.8 Å². The molecule has 1 aliphatic rings. The standard InChI is InChI=1S/C16H15BrN4O3S/c17-11-3-1-2-4-12(11)21-7-9(5-14(21)23)15(24)20-16-19-10(8-25-16)6-13(18)22/h1-4,8-9H,5-7H2,(H2,18,22)(H,19,20,24). The molecule has 0 spiro atoms. The van der Waals surface area contributed by atoms with Crippen LogP contribution in [0.5, 0.6) is 0 Å². The van der Waals surface area contributed by atoms with Crippen LogP contribution in [0.4, 0.5) is 10.8 Å². The minimum Gasteiger partial charge on any atom is -0.369 e. The summed E-state index contributed by atoms with van der Waals surface area (Å²) in [6, 6.07) is 7.39. The number of benzene rings is 1. The third-order valence-electron chi connectivity index (χ3n) is 3.78. The number of nitrogens with one attached hydrogen (secondary N) is 1. The van der Waals surface area contributed by atoms with Crippen LogP contribution in [0.1, 0.15) is 12.1 Å². The van der Waals surface area contributed by atoms with Crippen LogP contribution in [-0.4, -0.2) is 29.3 Å². The van der Waals surface area contributed by atoms with Crippen molar-refractivity contribution in [3.05, 3.63) is 39.8 Å². The van der Waals surface area contributed by atoms with Crippen LogP contribution < -0.4 is 16.0 Å². The van der Waals surface area contributed by atoms with Crippen LogP contribution in [0.2, 0.25) is 0 Å². The van der Waals surface area contributed by atoms with Gasteiger partial charge < -0.3 is 16.0 Å². The van der Waals surface area contributed by atoms with Gasteiger partial charge in [-0.1, -0.05) is 12.1 Å². The summed E-state index contributed by atoms with van der Waals surface area (Å²) in [4.78, 5) is 41.4. The zero-order chi connectivity index (χ0) is 18.0. The van der Waals surface area contributed by atoms with Gasteiger partial charge in [0.2, 0.25) is 17.7 Å². The second kappa shape index (κ2) is 7.32. The quantitative estimate of drug-likeness (QED) is 0.767. The Labute approximate surface area is 156 Å². The molecule has 0 bridgehead atoms. The topological polar surface area (TPSA) is 105 Å². The minimum absolute atomic E-state index is 0.0318. The van der Waals surface area contributed by atoms with Crippen LogP contribution >= 0.6 is 27.3 Å². The fourth-order valence-corrected chi connectivity index (χ4v) is 3.83. The lowest BCUT2D eigenvalue weighted by Gasteiger charge is -2.18. The van der Waals surface area contributed by atoms with Gasteiger partial charge in [0.15, 0.2) is 5.13 Å². The van der Waals surface area contributed by atoms with Crippen molar-refractivity contribution in [1.82, 2.24) is 4.98 Å². The van der Waals surface area contributed by atoms with Crippen molar-refractivity contribution in [3.63, 3.8) is 0 Å². The lowest BCUT2D eigenvalue weighted by Crippen LogP contribution is -2.28. The number of primary amides is 1. The average Bonchev–Trinajstić information content (AvgIpc) is 3.14. The van der Waals surface area contributed by atoms with E-state index in [1.807, 2.05) is 24.3 Å². The first-order chi connectivity index (χ1) is 11.9. The highest BCUT2D eigenvalue weighted by Gasteiger charge is 2.36. The number of amides is 3. The van der Waals surface area contributed by atoms with Gasteiger partial charge in [-0.25, -0.2) is 4.98 Å². The van der Waals surface area contributed by atoms with Crippen molar-refractivity contribution in [2.45, 2.75) is 12.8 Å². The Balaban J connectivity index is 1.66. The number of hydrogen-bond acceptors (Lipinski definition) is 5. The number of nitrogens with two attached hydrogens (primary N) is 1. The van der Waals surface area contributed by atoms with E-state index in [0.29, 0.717) is 17.4 Å². The summed E-state index contributed by atoms with van der Waals surface area (Å²) in [7, 11) is 0. The van der Waals surface area contributed by atoms with Gasteiger partial charge in [-0.05, 0) is 28.1 Å². The molecule has 1 saturated heterocycles. The molecule has 2 aromatic rings. The van der Waals surface area contributed by atoms with E-state index >= 15 is 0 Å². The molecule has 25 heavy (non-hydrogen) atoms. The maximum absolute atomic E-state index is 12.4. The van der Waals surface area contributed by atoms with Gasteiger partial charge in [0.1, 0.15) is 0 Å². The summed E-state index contributed by atoms with van der Waals surface area (Å²) in [6.07, 6.45) is 0.177. The van der Waals surface area contributed by atoms with E-state index in [2.05, 4.69) is 26.2 Å². The van der Waals surface area contributed by atoms with Gasteiger partial charge in [0.25, 0.3) is 0 Å². The summed E-state index contributed by atoms with van der Waals surface area (Å²) < 4.78 is 0.806. The smallest absolute Gasteiger partial charge is 0.231 e. The predicted octanol–water partition coefficient (Wildman–Crippen LogP) is 1.92. The third-order valence-corrected chi connectivity index (χ3v) is 5.25. The third kappa shape index (κ3) is 4.05. The lowest BCUT2D eigenvalue weighted by atomic mass is 10.1. The number of nitrogens with zero attached hydrogens (tertiary/aromatic N) is 2. The Hall–Kier alpha value is -2.26. The molecule has 1 aliphatic heterocycles. The zero-order valence-electron chi connectivity index (χ0n) is 13.1. The van der Waals surface area contributed by atoms with Crippen LogP contribution in [0, 0.1) is 5.92 Å². The van der Waals surface area contributed by atoms with E-state index in [1.54, 1.807) is 10.3 Å². The van der Waals surface area contributed by atoms with Gasteiger partial charge in [-0.2, -0.15) is 0 Å².